The Morgan fingerprint density at radius 3 is 2.68 bits per heavy atom. The molecule has 0 radical (unpaired) electrons. The number of carboxylic acids is 1. The highest BCUT2D eigenvalue weighted by Gasteiger charge is 2.53. The SMILES string of the molecule is O=C(CS(=O)C(F)(F)F)NC1C(=O)N2C(C(=O)O)=CCS[C@@H]12. The van der Waals surface area contributed by atoms with Crippen LogP contribution in [0.3, 0.4) is 0 Å². The molecule has 2 aliphatic heterocycles. The summed E-state index contributed by atoms with van der Waals surface area (Å²) in [5, 5.41) is 10.3. The maximum Gasteiger partial charge on any atom is 0.471 e. The largest absolute Gasteiger partial charge is 0.477 e. The Hall–Kier alpha value is -1.56. The van der Waals surface area contributed by atoms with E-state index in [1.807, 2.05) is 0 Å². The van der Waals surface area contributed by atoms with Gasteiger partial charge >= 0.3 is 11.5 Å². The summed E-state index contributed by atoms with van der Waals surface area (Å²) < 4.78 is 47.1. The maximum atomic E-state index is 12.1. The fraction of sp³-hybridized carbons (Fsp3) is 0.500. The predicted molar refractivity (Wildman–Crippen MR) is 69.8 cm³/mol. The molecular formula is C10H9F3N2O5S2. The third-order valence-corrected chi connectivity index (χ3v) is 5.13. The van der Waals surface area contributed by atoms with E-state index in [-0.39, 0.29) is 11.4 Å². The fourth-order valence-electron chi connectivity index (χ4n) is 1.95. The number of nitrogens with zero attached hydrogens (tertiary/aromatic N) is 1. The number of carboxylic acid groups (broad SMARTS) is 1. The molecule has 3 atom stereocenters. The highest BCUT2D eigenvalue weighted by molar-refractivity contribution is 8.00. The molecule has 1 saturated heterocycles. The van der Waals surface area contributed by atoms with Crippen molar-refractivity contribution in [2.24, 2.45) is 0 Å². The number of hydrogen-bond acceptors (Lipinski definition) is 5. The number of halogens is 3. The van der Waals surface area contributed by atoms with Crippen molar-refractivity contribution in [3.05, 3.63) is 11.8 Å². The maximum absolute atomic E-state index is 12.1. The van der Waals surface area contributed by atoms with Gasteiger partial charge in [-0.2, -0.15) is 13.2 Å². The van der Waals surface area contributed by atoms with Crippen LogP contribution in [0.5, 0.6) is 0 Å². The monoisotopic (exact) mass is 358 g/mol. The van der Waals surface area contributed by atoms with Crippen LogP contribution in [0.2, 0.25) is 0 Å². The summed E-state index contributed by atoms with van der Waals surface area (Å²) in [7, 11) is -3.35. The third-order valence-electron chi connectivity index (χ3n) is 2.90. The van der Waals surface area contributed by atoms with Crippen molar-refractivity contribution >= 4 is 40.3 Å². The second-order valence-corrected chi connectivity index (χ2v) is 6.90. The van der Waals surface area contributed by atoms with Crippen molar-refractivity contribution in [1.82, 2.24) is 10.2 Å². The average Bonchev–Trinajstić information content (AvgIpc) is 2.42. The lowest BCUT2D eigenvalue weighted by Crippen LogP contribution is -2.70. The van der Waals surface area contributed by atoms with Crippen molar-refractivity contribution < 1.29 is 36.9 Å². The number of carbonyl (C=O) groups excluding carboxylic acids is 2. The van der Waals surface area contributed by atoms with Crippen LogP contribution in [-0.4, -0.2) is 60.4 Å². The number of carbonyl (C=O) groups is 3. The van der Waals surface area contributed by atoms with Crippen molar-refractivity contribution in [2.75, 3.05) is 11.5 Å². The molecule has 0 aliphatic carbocycles. The second-order valence-electron chi connectivity index (χ2n) is 4.31. The zero-order chi connectivity index (χ0) is 16.7. The lowest BCUT2D eigenvalue weighted by molar-refractivity contribution is -0.150. The number of hydrogen-bond donors (Lipinski definition) is 2. The molecular weight excluding hydrogens is 349 g/mol. The van der Waals surface area contributed by atoms with Crippen molar-refractivity contribution in [2.45, 2.75) is 16.9 Å². The van der Waals surface area contributed by atoms with E-state index >= 15 is 0 Å². The summed E-state index contributed by atoms with van der Waals surface area (Å²) in [6, 6.07) is -1.12. The van der Waals surface area contributed by atoms with Gasteiger partial charge in [-0.3, -0.25) is 14.5 Å². The number of nitrogens with one attached hydrogen (secondary N) is 1. The van der Waals surface area contributed by atoms with E-state index < -0.39 is 51.3 Å². The van der Waals surface area contributed by atoms with Crippen LogP contribution in [0.1, 0.15) is 0 Å². The highest BCUT2D eigenvalue weighted by atomic mass is 32.2. The number of amides is 2. The Kier molecular flexibility index (Phi) is 4.52. The molecule has 1 fully saturated rings. The Bertz CT molecular complexity index is 592. The van der Waals surface area contributed by atoms with E-state index in [1.165, 1.54) is 6.08 Å². The van der Waals surface area contributed by atoms with Crippen LogP contribution in [-0.2, 0) is 25.2 Å². The van der Waals surface area contributed by atoms with Gasteiger partial charge < -0.3 is 10.4 Å². The Morgan fingerprint density at radius 1 is 1.50 bits per heavy atom. The highest BCUT2D eigenvalue weighted by Crippen LogP contribution is 2.37. The van der Waals surface area contributed by atoms with Crippen molar-refractivity contribution in [3.8, 4) is 0 Å². The van der Waals surface area contributed by atoms with E-state index in [1.54, 1.807) is 0 Å². The van der Waals surface area contributed by atoms with Gasteiger partial charge in [0.25, 0.3) is 5.91 Å². The molecule has 22 heavy (non-hydrogen) atoms. The summed E-state index contributed by atoms with van der Waals surface area (Å²) >= 11 is 1.16. The van der Waals surface area contributed by atoms with Gasteiger partial charge in [0.15, 0.2) is 0 Å². The van der Waals surface area contributed by atoms with Crippen molar-refractivity contribution in [3.63, 3.8) is 0 Å². The second kappa shape index (κ2) is 5.91. The van der Waals surface area contributed by atoms with Crippen LogP contribution in [0.4, 0.5) is 13.2 Å². The first-order chi connectivity index (χ1) is 10.1. The Labute approximate surface area is 128 Å². The molecule has 7 nitrogen and oxygen atoms in total. The topological polar surface area (TPSA) is 104 Å². The standard InChI is InChI=1S/C10H9F3N2O5S2/c11-10(12,13)22(20)3-5(16)14-6-7(17)15-4(9(18)19)1-2-21-8(6)15/h1,6,8H,2-3H2,(H,14,16)(H,18,19)/t6?,8-,22?/m0/s1. The molecule has 0 spiro atoms. The van der Waals surface area contributed by atoms with Gasteiger partial charge in [-0.05, 0) is 6.08 Å². The lowest BCUT2D eigenvalue weighted by atomic mass is 10.1. The van der Waals surface area contributed by atoms with E-state index in [0.29, 0.717) is 0 Å². The zero-order valence-electron chi connectivity index (χ0n) is 10.6. The normalized spacial score (nSPS) is 25.7. The lowest BCUT2D eigenvalue weighted by Gasteiger charge is -2.48. The molecule has 2 N–H and O–H groups in total. The molecule has 0 aromatic carbocycles. The first-order valence-electron chi connectivity index (χ1n) is 5.75. The molecule has 2 amide bonds. The smallest absolute Gasteiger partial charge is 0.471 e. The zero-order valence-corrected chi connectivity index (χ0v) is 12.3. The number of fused-ring (bicyclic) bond motifs is 1. The Balaban J connectivity index is 1.98. The molecule has 0 aromatic heterocycles. The molecule has 122 valence electrons. The fourth-order valence-corrected chi connectivity index (χ4v) is 3.63. The number of rotatable bonds is 4. The van der Waals surface area contributed by atoms with Gasteiger partial charge in [-0.25, -0.2) is 9.00 Å². The van der Waals surface area contributed by atoms with Gasteiger partial charge in [-0.15, -0.1) is 11.8 Å². The predicted octanol–water partition coefficient (Wildman–Crippen LogP) is -0.377. The van der Waals surface area contributed by atoms with Crippen molar-refractivity contribution in [1.29, 1.82) is 0 Å². The van der Waals surface area contributed by atoms with Gasteiger partial charge in [0, 0.05) is 5.75 Å². The van der Waals surface area contributed by atoms with Gasteiger partial charge in [0.05, 0.1) is 0 Å². The number of alkyl halides is 3. The summed E-state index contributed by atoms with van der Waals surface area (Å²) in [4.78, 5) is 35.2. The first kappa shape index (κ1) is 16.8. The number of aliphatic carboxylic acids is 1. The van der Waals surface area contributed by atoms with Crippen LogP contribution < -0.4 is 5.32 Å². The average molecular weight is 358 g/mol. The van der Waals surface area contributed by atoms with E-state index in [4.69, 9.17) is 5.11 Å². The van der Waals surface area contributed by atoms with Crippen LogP contribution in [0.15, 0.2) is 11.8 Å². The van der Waals surface area contributed by atoms with Crippen LogP contribution >= 0.6 is 11.8 Å². The molecule has 0 saturated carbocycles. The Morgan fingerprint density at radius 2 is 2.14 bits per heavy atom. The molecule has 0 bridgehead atoms. The summed E-state index contributed by atoms with van der Waals surface area (Å²) in [5.41, 5.74) is -5.23. The number of thioether (sulfide) groups is 1. The van der Waals surface area contributed by atoms with Crippen LogP contribution in [0.25, 0.3) is 0 Å². The van der Waals surface area contributed by atoms with Crippen LogP contribution in [0, 0.1) is 0 Å². The summed E-state index contributed by atoms with van der Waals surface area (Å²) in [6.07, 6.45) is 1.33. The van der Waals surface area contributed by atoms with Gasteiger partial charge in [0.1, 0.15) is 33.7 Å². The molecule has 2 rings (SSSR count). The first-order valence-corrected chi connectivity index (χ1v) is 8.12. The molecule has 2 unspecified atom stereocenters. The third kappa shape index (κ3) is 3.11. The minimum Gasteiger partial charge on any atom is -0.477 e. The van der Waals surface area contributed by atoms with E-state index in [9.17, 15) is 31.8 Å². The molecule has 2 aliphatic rings. The number of β-lactam (4-membered cyclic amide) rings is 1. The van der Waals surface area contributed by atoms with E-state index in [0.717, 1.165) is 16.7 Å². The van der Waals surface area contributed by atoms with E-state index in [2.05, 4.69) is 5.32 Å². The summed E-state index contributed by atoms with van der Waals surface area (Å²) in [5.74, 6) is -4.22. The summed E-state index contributed by atoms with van der Waals surface area (Å²) in [6.45, 7) is 0. The van der Waals surface area contributed by atoms with Gasteiger partial charge in [-0.1, -0.05) is 0 Å². The minimum atomic E-state index is -5.01. The molecule has 2 heterocycles. The molecule has 0 aromatic rings. The van der Waals surface area contributed by atoms with Gasteiger partial charge in [0.2, 0.25) is 5.91 Å². The quantitative estimate of drug-likeness (QED) is 0.664. The molecule has 12 heteroatoms. The minimum absolute atomic E-state index is 0.224.